The molecule has 0 aromatic carbocycles. The van der Waals surface area contributed by atoms with Gasteiger partial charge in [0, 0.05) is 17.8 Å². The molecule has 2 aromatic heterocycles. The quantitative estimate of drug-likeness (QED) is 0.886. The molecule has 0 bridgehead atoms. The van der Waals surface area contributed by atoms with Gasteiger partial charge in [-0.15, -0.1) is 11.3 Å². The monoisotopic (exact) mass is 284 g/mol. The summed E-state index contributed by atoms with van der Waals surface area (Å²) in [5, 5.41) is 6.99. The third-order valence-electron chi connectivity index (χ3n) is 2.98. The second-order valence-corrected chi connectivity index (χ2v) is 7.43. The van der Waals surface area contributed by atoms with Crippen molar-refractivity contribution in [1.82, 2.24) is 14.8 Å². The number of nitrogen functional groups attached to an aromatic ring is 1. The van der Waals surface area contributed by atoms with Gasteiger partial charge in [0.15, 0.2) is 9.84 Å². The first-order chi connectivity index (χ1) is 8.55. The van der Waals surface area contributed by atoms with Gasteiger partial charge in [-0.1, -0.05) is 0 Å². The molecule has 2 aromatic rings. The molecule has 6 nitrogen and oxygen atoms in total. The zero-order valence-electron chi connectivity index (χ0n) is 9.48. The zero-order valence-corrected chi connectivity index (χ0v) is 11.1. The average molecular weight is 284 g/mol. The first kappa shape index (κ1) is 11.7. The summed E-state index contributed by atoms with van der Waals surface area (Å²) in [6, 6.07) is -0.106. The summed E-state index contributed by atoms with van der Waals surface area (Å²) in [5.74, 6) is 0.370. The van der Waals surface area contributed by atoms with Crippen LogP contribution in [0.15, 0.2) is 17.8 Å². The molecule has 8 heteroatoms. The molecule has 96 valence electrons. The van der Waals surface area contributed by atoms with Gasteiger partial charge in [-0.3, -0.25) is 4.68 Å². The van der Waals surface area contributed by atoms with Crippen LogP contribution in [0, 0.1) is 0 Å². The fraction of sp³-hybridized carbons (Fsp3) is 0.400. The van der Waals surface area contributed by atoms with E-state index in [0.717, 1.165) is 5.01 Å². The number of aromatic nitrogens is 3. The van der Waals surface area contributed by atoms with Crippen molar-refractivity contribution >= 4 is 26.9 Å². The average Bonchev–Trinajstić information content (AvgIpc) is 2.97. The van der Waals surface area contributed by atoms with Crippen molar-refractivity contribution in [3.8, 4) is 10.7 Å². The van der Waals surface area contributed by atoms with Crippen molar-refractivity contribution in [3.05, 3.63) is 17.8 Å². The Labute approximate surface area is 108 Å². The minimum atomic E-state index is -2.92. The van der Waals surface area contributed by atoms with Gasteiger partial charge in [0.1, 0.15) is 10.7 Å². The molecule has 1 aliphatic heterocycles. The van der Waals surface area contributed by atoms with Crippen LogP contribution in [0.25, 0.3) is 10.7 Å². The summed E-state index contributed by atoms with van der Waals surface area (Å²) in [4.78, 5) is 4.16. The van der Waals surface area contributed by atoms with E-state index >= 15 is 0 Å². The fourth-order valence-corrected chi connectivity index (χ4v) is 4.43. The minimum absolute atomic E-state index is 0.106. The van der Waals surface area contributed by atoms with Crippen LogP contribution in [-0.2, 0) is 9.84 Å². The van der Waals surface area contributed by atoms with E-state index in [1.807, 2.05) is 5.38 Å². The number of thiazole rings is 1. The first-order valence-electron chi connectivity index (χ1n) is 5.50. The zero-order chi connectivity index (χ0) is 12.8. The summed E-state index contributed by atoms with van der Waals surface area (Å²) in [5.41, 5.74) is 7.07. The summed E-state index contributed by atoms with van der Waals surface area (Å²) >= 11 is 1.46. The Morgan fingerprint density at radius 2 is 2.33 bits per heavy atom. The van der Waals surface area contributed by atoms with Gasteiger partial charge in [0.25, 0.3) is 0 Å². The number of rotatable bonds is 2. The predicted molar refractivity (Wildman–Crippen MR) is 70.1 cm³/mol. The SMILES string of the molecule is Nc1cn(C2CCS(=O)(=O)C2)nc1-c1nccs1. The molecular formula is C10H12N4O2S2. The second kappa shape index (κ2) is 4.06. The topological polar surface area (TPSA) is 90.9 Å². The van der Waals surface area contributed by atoms with E-state index in [0.29, 0.717) is 17.8 Å². The number of nitrogens with zero attached hydrogens (tertiary/aromatic N) is 3. The number of nitrogens with two attached hydrogens (primary N) is 1. The molecule has 0 amide bonds. The van der Waals surface area contributed by atoms with Crippen LogP contribution in [0.3, 0.4) is 0 Å². The smallest absolute Gasteiger partial charge is 0.152 e. The van der Waals surface area contributed by atoms with E-state index in [4.69, 9.17) is 5.73 Å². The predicted octanol–water partition coefficient (Wildman–Crippen LogP) is 0.948. The molecule has 0 radical (unpaired) electrons. The van der Waals surface area contributed by atoms with Crippen LogP contribution in [0.5, 0.6) is 0 Å². The third kappa shape index (κ3) is 2.01. The molecule has 1 fully saturated rings. The Balaban J connectivity index is 1.94. The molecule has 1 unspecified atom stereocenters. The lowest BCUT2D eigenvalue weighted by Crippen LogP contribution is -2.11. The second-order valence-electron chi connectivity index (χ2n) is 4.31. The molecule has 3 rings (SSSR count). The highest BCUT2D eigenvalue weighted by molar-refractivity contribution is 7.91. The van der Waals surface area contributed by atoms with Crippen molar-refractivity contribution < 1.29 is 8.42 Å². The van der Waals surface area contributed by atoms with Crippen molar-refractivity contribution in [3.63, 3.8) is 0 Å². The Hall–Kier alpha value is -1.41. The molecule has 0 saturated carbocycles. The standard InChI is InChI=1S/C10H12N4O2S2/c11-8-5-14(7-1-4-18(15,16)6-7)13-9(8)10-12-2-3-17-10/h2-3,5,7H,1,4,6,11H2. The summed E-state index contributed by atoms with van der Waals surface area (Å²) < 4.78 is 24.6. The summed E-state index contributed by atoms with van der Waals surface area (Å²) in [6.45, 7) is 0. The molecular weight excluding hydrogens is 272 g/mol. The number of sulfone groups is 1. The van der Waals surface area contributed by atoms with Crippen molar-refractivity contribution in [2.75, 3.05) is 17.2 Å². The molecule has 0 aliphatic carbocycles. The van der Waals surface area contributed by atoms with Gasteiger partial charge in [0.2, 0.25) is 0 Å². The van der Waals surface area contributed by atoms with Crippen molar-refractivity contribution in [2.45, 2.75) is 12.5 Å². The maximum atomic E-state index is 11.5. The normalized spacial score (nSPS) is 22.3. The van der Waals surface area contributed by atoms with E-state index in [2.05, 4.69) is 10.1 Å². The Morgan fingerprint density at radius 1 is 1.50 bits per heavy atom. The van der Waals surface area contributed by atoms with Crippen LogP contribution in [-0.4, -0.2) is 34.7 Å². The molecule has 2 N–H and O–H groups in total. The lowest BCUT2D eigenvalue weighted by molar-refractivity contribution is 0.501. The van der Waals surface area contributed by atoms with Gasteiger partial charge >= 0.3 is 0 Å². The van der Waals surface area contributed by atoms with Crippen molar-refractivity contribution in [2.24, 2.45) is 0 Å². The largest absolute Gasteiger partial charge is 0.396 e. The first-order valence-corrected chi connectivity index (χ1v) is 8.20. The van der Waals surface area contributed by atoms with Crippen LogP contribution in [0.4, 0.5) is 5.69 Å². The Kier molecular flexibility index (Phi) is 2.63. The van der Waals surface area contributed by atoms with Crippen LogP contribution < -0.4 is 5.73 Å². The third-order valence-corrected chi connectivity index (χ3v) is 5.51. The molecule has 1 saturated heterocycles. The maximum absolute atomic E-state index is 11.5. The Bertz CT molecular complexity index is 660. The van der Waals surface area contributed by atoms with Crippen LogP contribution in [0.2, 0.25) is 0 Å². The highest BCUT2D eigenvalue weighted by atomic mass is 32.2. The van der Waals surface area contributed by atoms with E-state index in [-0.39, 0.29) is 17.5 Å². The van der Waals surface area contributed by atoms with E-state index < -0.39 is 9.84 Å². The van der Waals surface area contributed by atoms with Gasteiger partial charge in [-0.05, 0) is 6.42 Å². The lowest BCUT2D eigenvalue weighted by Gasteiger charge is -2.06. The van der Waals surface area contributed by atoms with Crippen LogP contribution >= 0.6 is 11.3 Å². The van der Waals surface area contributed by atoms with E-state index in [1.54, 1.807) is 17.1 Å². The maximum Gasteiger partial charge on any atom is 0.152 e. The molecule has 18 heavy (non-hydrogen) atoms. The number of hydrogen-bond acceptors (Lipinski definition) is 6. The van der Waals surface area contributed by atoms with Gasteiger partial charge in [-0.25, -0.2) is 13.4 Å². The van der Waals surface area contributed by atoms with E-state index in [9.17, 15) is 8.42 Å². The van der Waals surface area contributed by atoms with Crippen LogP contribution in [0.1, 0.15) is 12.5 Å². The van der Waals surface area contributed by atoms with E-state index in [1.165, 1.54) is 11.3 Å². The summed E-state index contributed by atoms with van der Waals surface area (Å²) in [7, 11) is -2.92. The van der Waals surface area contributed by atoms with Gasteiger partial charge in [-0.2, -0.15) is 5.10 Å². The highest BCUT2D eigenvalue weighted by Crippen LogP contribution is 2.30. The lowest BCUT2D eigenvalue weighted by atomic mass is 10.3. The van der Waals surface area contributed by atoms with Gasteiger partial charge < -0.3 is 5.73 Å². The Morgan fingerprint density at radius 3 is 2.94 bits per heavy atom. The molecule has 1 aliphatic rings. The molecule has 0 spiro atoms. The highest BCUT2D eigenvalue weighted by Gasteiger charge is 2.30. The number of anilines is 1. The number of hydrogen-bond donors (Lipinski definition) is 1. The van der Waals surface area contributed by atoms with Crippen molar-refractivity contribution in [1.29, 1.82) is 0 Å². The fourth-order valence-electron chi connectivity index (χ4n) is 2.08. The van der Waals surface area contributed by atoms with Gasteiger partial charge in [0.05, 0.1) is 23.2 Å². The minimum Gasteiger partial charge on any atom is -0.396 e. The summed E-state index contributed by atoms with van der Waals surface area (Å²) in [6.07, 6.45) is 3.99. The molecule has 1 atom stereocenters. The molecule has 3 heterocycles.